The number of rotatable bonds is 2. The molecule has 2 rings (SSSR count). The summed E-state index contributed by atoms with van der Waals surface area (Å²) in [6.07, 6.45) is 0. The van der Waals surface area contributed by atoms with E-state index >= 15 is 0 Å². The topological polar surface area (TPSA) is 0 Å². The first kappa shape index (κ1) is 13.5. The minimum absolute atomic E-state index is 0.259. The maximum Gasteiger partial charge on any atom is 0.0843 e. The molecule has 16 heavy (non-hydrogen) atoms. The van der Waals surface area contributed by atoms with Crippen molar-refractivity contribution in [3.8, 4) is 0 Å². The molecule has 1 aromatic carbocycles. The molecule has 1 atom stereocenters. The smallest absolute Gasteiger partial charge is 0.0843 e. The van der Waals surface area contributed by atoms with Gasteiger partial charge in [-0.15, -0.1) is 11.3 Å². The first-order valence-corrected chi connectivity index (χ1v) is 8.82. The average Bonchev–Trinajstić information content (AvgIpc) is 2.58. The van der Waals surface area contributed by atoms with Crippen molar-refractivity contribution in [1.82, 2.24) is 0 Å². The molecule has 0 aliphatic rings. The van der Waals surface area contributed by atoms with E-state index < -0.39 is 0 Å². The first-order chi connectivity index (χ1) is 7.58. The SMILES string of the molecule is Brc1cc(C(Br)c2cccc(I)c2)sc1Br. The Labute approximate surface area is 137 Å². The van der Waals surface area contributed by atoms with Crippen LogP contribution in [-0.2, 0) is 0 Å². The van der Waals surface area contributed by atoms with Crippen LogP contribution in [0.3, 0.4) is 0 Å². The summed E-state index contributed by atoms with van der Waals surface area (Å²) in [5.74, 6) is 0. The van der Waals surface area contributed by atoms with Gasteiger partial charge in [-0.25, -0.2) is 0 Å². The number of halogens is 4. The normalized spacial score (nSPS) is 12.8. The van der Waals surface area contributed by atoms with Crippen molar-refractivity contribution in [3.63, 3.8) is 0 Å². The molecule has 2 aromatic rings. The average molecular weight is 537 g/mol. The van der Waals surface area contributed by atoms with E-state index in [2.05, 4.69) is 101 Å². The predicted molar refractivity (Wildman–Crippen MR) is 89.6 cm³/mol. The molecule has 0 amide bonds. The number of hydrogen-bond donors (Lipinski definition) is 0. The third-order valence-electron chi connectivity index (χ3n) is 2.06. The second-order valence-electron chi connectivity index (χ2n) is 3.19. The zero-order valence-electron chi connectivity index (χ0n) is 7.88. The number of thiophene rings is 1. The summed E-state index contributed by atoms with van der Waals surface area (Å²) in [7, 11) is 0. The Morgan fingerprint density at radius 1 is 1.19 bits per heavy atom. The number of benzene rings is 1. The molecule has 5 heteroatoms. The monoisotopic (exact) mass is 534 g/mol. The lowest BCUT2D eigenvalue weighted by Gasteiger charge is -2.07. The van der Waals surface area contributed by atoms with Gasteiger partial charge in [0.1, 0.15) is 0 Å². The van der Waals surface area contributed by atoms with Crippen LogP contribution in [0.1, 0.15) is 15.3 Å². The molecule has 0 saturated heterocycles. The van der Waals surface area contributed by atoms with Crippen LogP contribution in [0, 0.1) is 3.57 Å². The van der Waals surface area contributed by atoms with Crippen molar-refractivity contribution >= 4 is 81.7 Å². The van der Waals surface area contributed by atoms with Gasteiger partial charge in [-0.05, 0) is 78.2 Å². The van der Waals surface area contributed by atoms with Crippen LogP contribution in [0.2, 0.25) is 0 Å². The molecular weight excluding hydrogens is 531 g/mol. The summed E-state index contributed by atoms with van der Waals surface area (Å²) in [4.78, 5) is 1.55. The summed E-state index contributed by atoms with van der Waals surface area (Å²) in [6.45, 7) is 0. The van der Waals surface area contributed by atoms with Crippen LogP contribution >= 0.6 is 81.7 Å². The maximum atomic E-state index is 3.74. The molecule has 0 radical (unpaired) electrons. The van der Waals surface area contributed by atoms with Gasteiger partial charge in [0.15, 0.2) is 0 Å². The van der Waals surface area contributed by atoms with E-state index in [9.17, 15) is 0 Å². The summed E-state index contributed by atoms with van der Waals surface area (Å²) >= 11 is 14.9. The van der Waals surface area contributed by atoms with Crippen LogP contribution < -0.4 is 0 Å². The van der Waals surface area contributed by atoms with Gasteiger partial charge in [-0.1, -0.05) is 28.1 Å². The lowest BCUT2D eigenvalue weighted by Crippen LogP contribution is -1.89. The molecule has 0 nitrogen and oxygen atoms in total. The zero-order valence-corrected chi connectivity index (χ0v) is 15.6. The minimum atomic E-state index is 0.259. The Morgan fingerprint density at radius 2 is 1.94 bits per heavy atom. The predicted octanol–water partition coefficient (Wildman–Crippen LogP) is 6.36. The van der Waals surface area contributed by atoms with Crippen molar-refractivity contribution in [3.05, 3.63) is 52.6 Å². The molecular formula is C11H6Br3IS. The van der Waals surface area contributed by atoms with Crippen molar-refractivity contribution < 1.29 is 0 Å². The molecule has 84 valence electrons. The lowest BCUT2D eigenvalue weighted by atomic mass is 10.1. The van der Waals surface area contributed by atoms with Crippen LogP contribution in [-0.4, -0.2) is 0 Å². The van der Waals surface area contributed by atoms with E-state index in [1.54, 1.807) is 11.3 Å². The molecule has 0 fully saturated rings. The largest absolute Gasteiger partial charge is 0.131 e. The number of hydrogen-bond acceptors (Lipinski definition) is 1. The molecule has 1 unspecified atom stereocenters. The molecule has 0 saturated carbocycles. The van der Waals surface area contributed by atoms with Gasteiger partial charge < -0.3 is 0 Å². The molecule has 0 spiro atoms. The first-order valence-electron chi connectivity index (χ1n) is 4.42. The Bertz CT molecular complexity index is 490. The highest BCUT2D eigenvalue weighted by Gasteiger charge is 2.14. The Hall–Kier alpha value is 1.09. The van der Waals surface area contributed by atoms with E-state index in [0.717, 1.165) is 8.26 Å². The van der Waals surface area contributed by atoms with E-state index in [1.165, 1.54) is 14.0 Å². The summed E-state index contributed by atoms with van der Waals surface area (Å²) in [5.41, 5.74) is 1.29. The van der Waals surface area contributed by atoms with Crippen LogP contribution in [0.25, 0.3) is 0 Å². The van der Waals surface area contributed by atoms with Gasteiger partial charge in [0, 0.05) is 12.9 Å². The van der Waals surface area contributed by atoms with E-state index in [-0.39, 0.29) is 4.83 Å². The molecule has 0 bridgehead atoms. The quantitative estimate of drug-likeness (QED) is 0.309. The Balaban J connectivity index is 2.35. The minimum Gasteiger partial charge on any atom is -0.131 e. The molecule has 0 N–H and O–H groups in total. The van der Waals surface area contributed by atoms with Gasteiger partial charge in [-0.2, -0.15) is 0 Å². The van der Waals surface area contributed by atoms with Crippen molar-refractivity contribution in [2.45, 2.75) is 4.83 Å². The van der Waals surface area contributed by atoms with Gasteiger partial charge in [0.25, 0.3) is 0 Å². The molecule has 1 heterocycles. The molecule has 0 aliphatic carbocycles. The van der Waals surface area contributed by atoms with Crippen LogP contribution in [0.4, 0.5) is 0 Å². The van der Waals surface area contributed by atoms with Gasteiger partial charge >= 0.3 is 0 Å². The second-order valence-corrected chi connectivity index (χ2v) is 8.61. The Kier molecular flexibility index (Phi) is 4.92. The number of alkyl halides is 1. The lowest BCUT2D eigenvalue weighted by molar-refractivity contribution is 1.22. The summed E-state index contributed by atoms with van der Waals surface area (Å²) < 4.78 is 3.51. The van der Waals surface area contributed by atoms with Crippen LogP contribution in [0.15, 0.2) is 38.6 Å². The highest BCUT2D eigenvalue weighted by atomic mass is 127. The zero-order chi connectivity index (χ0) is 11.7. The third kappa shape index (κ3) is 3.10. The van der Waals surface area contributed by atoms with E-state index in [1.807, 2.05) is 0 Å². The highest BCUT2D eigenvalue weighted by molar-refractivity contribution is 14.1. The summed E-state index contributed by atoms with van der Waals surface area (Å²) in [6, 6.07) is 10.7. The van der Waals surface area contributed by atoms with Crippen molar-refractivity contribution in [2.24, 2.45) is 0 Å². The van der Waals surface area contributed by atoms with E-state index in [0.29, 0.717) is 0 Å². The highest BCUT2D eigenvalue weighted by Crippen LogP contribution is 2.41. The van der Waals surface area contributed by atoms with Crippen molar-refractivity contribution in [1.29, 1.82) is 0 Å². The van der Waals surface area contributed by atoms with Crippen LogP contribution in [0.5, 0.6) is 0 Å². The fourth-order valence-electron chi connectivity index (χ4n) is 1.32. The Morgan fingerprint density at radius 3 is 2.50 bits per heavy atom. The van der Waals surface area contributed by atoms with Gasteiger partial charge in [0.2, 0.25) is 0 Å². The van der Waals surface area contributed by atoms with E-state index in [4.69, 9.17) is 0 Å². The maximum absolute atomic E-state index is 3.74. The third-order valence-corrected chi connectivity index (χ3v) is 7.37. The fourth-order valence-corrected chi connectivity index (χ4v) is 4.68. The van der Waals surface area contributed by atoms with Gasteiger partial charge in [-0.3, -0.25) is 0 Å². The molecule has 0 aliphatic heterocycles. The molecule has 1 aromatic heterocycles. The fraction of sp³-hybridized carbons (Fsp3) is 0.0909. The van der Waals surface area contributed by atoms with Crippen molar-refractivity contribution in [2.75, 3.05) is 0 Å². The second kappa shape index (κ2) is 5.82. The standard InChI is InChI=1S/C11H6Br3IS/c12-8-5-9(16-11(8)14)10(13)6-2-1-3-7(15)4-6/h1-5,10H. The van der Waals surface area contributed by atoms with Gasteiger partial charge in [0.05, 0.1) is 8.61 Å². The summed E-state index contributed by atoms with van der Waals surface area (Å²) in [5, 5.41) is 0.